The van der Waals surface area contributed by atoms with Crippen molar-refractivity contribution in [1.82, 2.24) is 5.32 Å². The molecule has 0 spiro atoms. The van der Waals surface area contributed by atoms with Crippen LogP contribution in [0.25, 0.3) is 0 Å². The summed E-state index contributed by atoms with van der Waals surface area (Å²) >= 11 is 0. The molecule has 0 aliphatic rings. The van der Waals surface area contributed by atoms with Crippen LogP contribution < -0.4 is 5.32 Å². The van der Waals surface area contributed by atoms with E-state index in [1.54, 1.807) is 0 Å². The zero-order valence-corrected chi connectivity index (χ0v) is 12.7. The van der Waals surface area contributed by atoms with Gasteiger partial charge in [0.15, 0.2) is 0 Å². The number of carboxylic acid groups (broad SMARTS) is 1. The molecule has 0 aliphatic heterocycles. The van der Waals surface area contributed by atoms with E-state index in [1.807, 2.05) is 38.1 Å². The summed E-state index contributed by atoms with van der Waals surface area (Å²) in [6.07, 6.45) is -2.71. The molecule has 122 valence electrons. The fourth-order valence-corrected chi connectivity index (χ4v) is 2.22. The highest BCUT2D eigenvalue weighted by molar-refractivity contribution is 5.85. The standard InChI is InChI=1S/C16H21F2NO3/c1-3-11(8-12-7-5-4-6-10(12)2)15(20)19-13(16(21)22)9-14(17)18/h4-7,11,13-14H,3,8-9H2,1-2H3,(H,19,20)(H,21,22). The molecular weight excluding hydrogens is 292 g/mol. The number of aryl methyl sites for hydroxylation is 1. The topological polar surface area (TPSA) is 66.4 Å². The van der Waals surface area contributed by atoms with Crippen molar-refractivity contribution in [2.45, 2.75) is 45.6 Å². The van der Waals surface area contributed by atoms with E-state index < -0.39 is 36.7 Å². The van der Waals surface area contributed by atoms with Crippen LogP contribution in [0.3, 0.4) is 0 Å². The van der Waals surface area contributed by atoms with E-state index in [2.05, 4.69) is 5.32 Å². The van der Waals surface area contributed by atoms with Crippen molar-refractivity contribution in [3.63, 3.8) is 0 Å². The molecular formula is C16H21F2NO3. The van der Waals surface area contributed by atoms with Gasteiger partial charge in [0.25, 0.3) is 0 Å². The van der Waals surface area contributed by atoms with E-state index >= 15 is 0 Å². The van der Waals surface area contributed by atoms with Gasteiger partial charge in [-0.05, 0) is 30.9 Å². The number of halogens is 2. The number of rotatable bonds is 8. The Morgan fingerprint density at radius 1 is 1.27 bits per heavy atom. The third-order valence-electron chi connectivity index (χ3n) is 3.62. The highest BCUT2D eigenvalue weighted by Crippen LogP contribution is 2.16. The monoisotopic (exact) mass is 313 g/mol. The summed E-state index contributed by atoms with van der Waals surface area (Å²) in [7, 11) is 0. The Kier molecular flexibility index (Phi) is 6.95. The number of carboxylic acids is 1. The van der Waals surface area contributed by atoms with Crippen LogP contribution in [0, 0.1) is 12.8 Å². The van der Waals surface area contributed by atoms with Crippen LogP contribution in [-0.4, -0.2) is 29.5 Å². The van der Waals surface area contributed by atoms with Crippen LogP contribution in [0.5, 0.6) is 0 Å². The van der Waals surface area contributed by atoms with Crippen molar-refractivity contribution in [1.29, 1.82) is 0 Å². The quantitative estimate of drug-likeness (QED) is 0.775. The molecule has 0 aromatic heterocycles. The molecule has 0 aliphatic carbocycles. The summed E-state index contributed by atoms with van der Waals surface area (Å²) in [5.41, 5.74) is 2.03. The van der Waals surface area contributed by atoms with Crippen LogP contribution in [0.2, 0.25) is 0 Å². The Morgan fingerprint density at radius 3 is 2.41 bits per heavy atom. The smallest absolute Gasteiger partial charge is 0.326 e. The van der Waals surface area contributed by atoms with E-state index in [4.69, 9.17) is 5.11 Å². The number of carbonyl (C=O) groups excluding carboxylic acids is 1. The third kappa shape index (κ3) is 5.42. The predicted octanol–water partition coefficient (Wildman–Crippen LogP) is 2.79. The number of nitrogens with one attached hydrogen (secondary N) is 1. The van der Waals surface area contributed by atoms with Gasteiger partial charge in [-0.25, -0.2) is 13.6 Å². The zero-order chi connectivity index (χ0) is 16.7. The maximum Gasteiger partial charge on any atom is 0.326 e. The highest BCUT2D eigenvalue weighted by Gasteiger charge is 2.27. The molecule has 6 heteroatoms. The van der Waals surface area contributed by atoms with E-state index in [9.17, 15) is 18.4 Å². The number of hydrogen-bond acceptors (Lipinski definition) is 2. The molecule has 1 aromatic carbocycles. The molecule has 0 radical (unpaired) electrons. The third-order valence-corrected chi connectivity index (χ3v) is 3.62. The fraction of sp³-hybridized carbons (Fsp3) is 0.500. The van der Waals surface area contributed by atoms with Gasteiger partial charge in [-0.2, -0.15) is 0 Å². The summed E-state index contributed by atoms with van der Waals surface area (Å²) in [4.78, 5) is 23.1. The van der Waals surface area contributed by atoms with Gasteiger partial charge in [-0.15, -0.1) is 0 Å². The lowest BCUT2D eigenvalue weighted by molar-refractivity contribution is -0.143. The number of aliphatic carboxylic acids is 1. The fourth-order valence-electron chi connectivity index (χ4n) is 2.22. The van der Waals surface area contributed by atoms with Gasteiger partial charge in [0.1, 0.15) is 6.04 Å². The summed E-state index contributed by atoms with van der Waals surface area (Å²) in [6, 6.07) is 6.03. The van der Waals surface area contributed by atoms with Gasteiger partial charge in [0, 0.05) is 12.3 Å². The lowest BCUT2D eigenvalue weighted by Crippen LogP contribution is -2.45. The number of alkyl halides is 2. The van der Waals surface area contributed by atoms with Crippen molar-refractivity contribution in [2.75, 3.05) is 0 Å². The van der Waals surface area contributed by atoms with Crippen molar-refractivity contribution >= 4 is 11.9 Å². The molecule has 22 heavy (non-hydrogen) atoms. The average molecular weight is 313 g/mol. The Morgan fingerprint density at radius 2 is 1.91 bits per heavy atom. The number of benzene rings is 1. The van der Waals surface area contributed by atoms with Gasteiger partial charge in [0.05, 0.1) is 0 Å². The van der Waals surface area contributed by atoms with Crippen LogP contribution in [0.4, 0.5) is 8.78 Å². The number of hydrogen-bond donors (Lipinski definition) is 2. The molecule has 0 fully saturated rings. The lowest BCUT2D eigenvalue weighted by Gasteiger charge is -2.20. The van der Waals surface area contributed by atoms with Crippen molar-refractivity contribution in [3.8, 4) is 0 Å². The molecule has 0 bridgehead atoms. The molecule has 0 saturated carbocycles. The van der Waals surface area contributed by atoms with Crippen LogP contribution >= 0.6 is 0 Å². The molecule has 2 N–H and O–H groups in total. The first-order valence-electron chi connectivity index (χ1n) is 7.21. The summed E-state index contributed by atoms with van der Waals surface area (Å²) in [6.45, 7) is 3.74. The summed E-state index contributed by atoms with van der Waals surface area (Å²) in [5, 5.41) is 11.1. The average Bonchev–Trinajstić information content (AvgIpc) is 2.45. The Labute approximate surface area is 128 Å². The molecule has 2 unspecified atom stereocenters. The van der Waals surface area contributed by atoms with Crippen molar-refractivity contribution < 1.29 is 23.5 Å². The van der Waals surface area contributed by atoms with Gasteiger partial charge < -0.3 is 10.4 Å². The molecule has 4 nitrogen and oxygen atoms in total. The van der Waals surface area contributed by atoms with Gasteiger partial charge in [-0.3, -0.25) is 4.79 Å². The van der Waals surface area contributed by atoms with Gasteiger partial charge in [0.2, 0.25) is 12.3 Å². The Balaban J connectivity index is 2.75. The van der Waals surface area contributed by atoms with Crippen molar-refractivity contribution in [3.05, 3.63) is 35.4 Å². The predicted molar refractivity (Wildman–Crippen MR) is 78.9 cm³/mol. The second-order valence-corrected chi connectivity index (χ2v) is 5.26. The van der Waals surface area contributed by atoms with E-state index in [1.165, 1.54) is 0 Å². The van der Waals surface area contributed by atoms with E-state index in [0.717, 1.165) is 11.1 Å². The zero-order valence-electron chi connectivity index (χ0n) is 12.7. The minimum atomic E-state index is -2.78. The minimum Gasteiger partial charge on any atom is -0.480 e. The maximum absolute atomic E-state index is 12.4. The maximum atomic E-state index is 12.4. The van der Waals surface area contributed by atoms with E-state index in [-0.39, 0.29) is 0 Å². The largest absolute Gasteiger partial charge is 0.480 e. The first-order chi connectivity index (χ1) is 10.3. The molecule has 1 rings (SSSR count). The lowest BCUT2D eigenvalue weighted by atomic mass is 9.93. The second kappa shape index (κ2) is 8.46. The van der Waals surface area contributed by atoms with Gasteiger partial charge >= 0.3 is 5.97 Å². The number of amides is 1. The highest BCUT2D eigenvalue weighted by atomic mass is 19.3. The normalized spacial score (nSPS) is 13.7. The van der Waals surface area contributed by atoms with E-state index in [0.29, 0.717) is 12.8 Å². The van der Waals surface area contributed by atoms with Crippen molar-refractivity contribution in [2.24, 2.45) is 5.92 Å². The summed E-state index contributed by atoms with van der Waals surface area (Å²) < 4.78 is 24.7. The Hall–Kier alpha value is -1.98. The first kappa shape index (κ1) is 18.1. The van der Waals surface area contributed by atoms with Crippen LogP contribution in [-0.2, 0) is 16.0 Å². The second-order valence-electron chi connectivity index (χ2n) is 5.26. The first-order valence-corrected chi connectivity index (χ1v) is 7.21. The molecule has 2 atom stereocenters. The molecule has 0 saturated heterocycles. The SMILES string of the molecule is CCC(Cc1ccccc1C)C(=O)NC(CC(F)F)C(=O)O. The molecule has 1 amide bonds. The van der Waals surface area contributed by atoms with Crippen LogP contribution in [0.1, 0.15) is 30.9 Å². The van der Waals surface area contributed by atoms with Gasteiger partial charge in [-0.1, -0.05) is 31.2 Å². The van der Waals surface area contributed by atoms with Crippen LogP contribution in [0.15, 0.2) is 24.3 Å². The summed E-state index contributed by atoms with van der Waals surface area (Å²) in [5.74, 6) is -2.39. The molecule has 1 aromatic rings. The minimum absolute atomic E-state index is 0.444. The Bertz CT molecular complexity index is 520. The molecule has 0 heterocycles. The number of carbonyl (C=O) groups is 2.